The van der Waals surface area contributed by atoms with Crippen LogP contribution in [0.4, 0.5) is 5.82 Å². The Morgan fingerprint density at radius 1 is 1.16 bits per heavy atom. The molecular formula is C25H30N6O6S. The molecule has 202 valence electrons. The Morgan fingerprint density at radius 2 is 1.89 bits per heavy atom. The number of thioether (sulfide) groups is 1. The third-order valence-corrected chi connectivity index (χ3v) is 6.71. The number of Topliss-reactive ketones (excluding diaryl/α,β-unsaturated/α-hetero) is 1. The number of carboxylic acids is 1. The fourth-order valence-electron chi connectivity index (χ4n) is 3.70. The van der Waals surface area contributed by atoms with Crippen molar-refractivity contribution in [1.29, 1.82) is 0 Å². The van der Waals surface area contributed by atoms with Gasteiger partial charge >= 0.3 is 5.97 Å². The molecule has 1 unspecified atom stereocenters. The second-order valence-electron chi connectivity index (χ2n) is 8.62. The summed E-state index contributed by atoms with van der Waals surface area (Å²) in [5.41, 5.74) is 2.02. The van der Waals surface area contributed by atoms with Crippen molar-refractivity contribution in [3.8, 4) is 0 Å². The number of anilines is 1. The lowest BCUT2D eigenvalue weighted by Crippen LogP contribution is -2.47. The third-order valence-electron chi connectivity index (χ3n) is 5.69. The monoisotopic (exact) mass is 542 g/mol. The number of aryl methyl sites for hydroxylation is 2. The van der Waals surface area contributed by atoms with Crippen molar-refractivity contribution in [3.05, 3.63) is 69.5 Å². The predicted molar refractivity (Wildman–Crippen MR) is 141 cm³/mol. The summed E-state index contributed by atoms with van der Waals surface area (Å²) in [6.07, 6.45) is 1.11. The van der Waals surface area contributed by atoms with Gasteiger partial charge in [-0.25, -0.2) is 9.61 Å². The maximum atomic E-state index is 13.2. The molecule has 1 amide bonds. The first kappa shape index (κ1) is 28.6. The highest BCUT2D eigenvalue weighted by Crippen LogP contribution is 2.16. The van der Waals surface area contributed by atoms with Crippen molar-refractivity contribution >= 4 is 35.2 Å². The zero-order valence-corrected chi connectivity index (χ0v) is 22.2. The molecule has 12 nitrogen and oxygen atoms in total. The number of aromatic nitrogens is 4. The molecule has 3 aromatic rings. The van der Waals surface area contributed by atoms with Crippen molar-refractivity contribution in [2.45, 2.75) is 58.0 Å². The molecule has 0 radical (unpaired) electrons. The second kappa shape index (κ2) is 13.5. The van der Waals surface area contributed by atoms with Crippen molar-refractivity contribution in [2.75, 3.05) is 11.1 Å². The Hall–Kier alpha value is -4.00. The van der Waals surface area contributed by atoms with Gasteiger partial charge in [-0.3, -0.25) is 23.7 Å². The van der Waals surface area contributed by atoms with Crippen LogP contribution in [0.3, 0.4) is 0 Å². The molecule has 0 fully saturated rings. The summed E-state index contributed by atoms with van der Waals surface area (Å²) < 4.78 is 5.90. The maximum Gasteiger partial charge on any atom is 0.305 e. The molecule has 38 heavy (non-hydrogen) atoms. The number of nitrogens with zero attached hydrogens (tertiary/aromatic N) is 4. The van der Waals surface area contributed by atoms with Crippen LogP contribution in [0.2, 0.25) is 0 Å². The lowest BCUT2D eigenvalue weighted by molar-refractivity contribution is -0.140. The minimum atomic E-state index is -1.23. The van der Waals surface area contributed by atoms with Gasteiger partial charge in [-0.05, 0) is 25.8 Å². The van der Waals surface area contributed by atoms with Gasteiger partial charge in [-0.1, -0.05) is 47.6 Å². The van der Waals surface area contributed by atoms with Gasteiger partial charge in [0.1, 0.15) is 17.4 Å². The summed E-state index contributed by atoms with van der Waals surface area (Å²) >= 11 is 1.34. The number of carbonyl (C=O) groups is 3. The number of aliphatic carboxylic acids is 1. The van der Waals surface area contributed by atoms with E-state index in [-0.39, 0.29) is 24.5 Å². The molecule has 0 aliphatic carbocycles. The molecule has 0 aliphatic heterocycles. The van der Waals surface area contributed by atoms with Gasteiger partial charge < -0.3 is 15.7 Å². The highest BCUT2D eigenvalue weighted by atomic mass is 32.2. The van der Waals surface area contributed by atoms with Crippen LogP contribution in [0.5, 0.6) is 0 Å². The number of rotatable bonds is 14. The molecule has 2 atom stereocenters. The van der Waals surface area contributed by atoms with Crippen LogP contribution in [0.15, 0.2) is 46.0 Å². The van der Waals surface area contributed by atoms with E-state index in [9.17, 15) is 24.3 Å². The van der Waals surface area contributed by atoms with E-state index in [1.165, 1.54) is 22.5 Å². The molecule has 0 aliphatic rings. The third kappa shape index (κ3) is 7.75. The van der Waals surface area contributed by atoms with Crippen molar-refractivity contribution in [2.24, 2.45) is 0 Å². The van der Waals surface area contributed by atoms with Gasteiger partial charge in [-0.2, -0.15) is 0 Å². The number of nitrogens with one attached hydrogen (secondary N) is 2. The van der Waals surface area contributed by atoms with Crippen LogP contribution < -0.4 is 16.2 Å². The number of carbonyl (C=O) groups excluding carboxylic acids is 2. The number of amides is 1. The van der Waals surface area contributed by atoms with Crippen molar-refractivity contribution in [1.82, 2.24) is 25.2 Å². The average Bonchev–Trinajstić information content (AvgIpc) is 3.29. The lowest BCUT2D eigenvalue weighted by Gasteiger charge is -2.22. The van der Waals surface area contributed by atoms with Crippen molar-refractivity contribution in [3.63, 3.8) is 0 Å². The molecule has 0 bridgehead atoms. The van der Waals surface area contributed by atoms with Crippen LogP contribution in [-0.4, -0.2) is 54.4 Å². The van der Waals surface area contributed by atoms with E-state index in [0.717, 1.165) is 5.56 Å². The van der Waals surface area contributed by atoms with E-state index in [4.69, 9.17) is 0 Å². The van der Waals surface area contributed by atoms with E-state index < -0.39 is 41.7 Å². The van der Waals surface area contributed by atoms with Gasteiger partial charge in [0.2, 0.25) is 5.91 Å². The number of hydrogen-bond donors (Lipinski definition) is 3. The fraction of sp³-hybridized carbons (Fsp3) is 0.400. The number of benzene rings is 1. The van der Waals surface area contributed by atoms with Gasteiger partial charge in [-0.15, -0.1) is 11.8 Å². The SMILES string of the molecule is CCC(C(=O)N[C@@H](CC(=O)O)C(=O)CSCc1ccccc1)n1cc(C)nc(NCc2nonc2C)c1=O. The minimum Gasteiger partial charge on any atom is -0.481 e. The van der Waals surface area contributed by atoms with Gasteiger partial charge in [0.05, 0.1) is 30.5 Å². The smallest absolute Gasteiger partial charge is 0.305 e. The van der Waals surface area contributed by atoms with E-state index in [2.05, 4.69) is 30.6 Å². The van der Waals surface area contributed by atoms with E-state index >= 15 is 0 Å². The van der Waals surface area contributed by atoms with E-state index in [0.29, 0.717) is 22.8 Å². The Labute approximate surface area is 223 Å². The molecule has 0 saturated heterocycles. The molecule has 1 aromatic carbocycles. The highest BCUT2D eigenvalue weighted by Gasteiger charge is 2.28. The van der Waals surface area contributed by atoms with Gasteiger partial charge in [0, 0.05) is 11.9 Å². The molecule has 13 heteroatoms. The molecule has 2 aromatic heterocycles. The maximum absolute atomic E-state index is 13.2. The molecule has 2 heterocycles. The zero-order chi connectivity index (χ0) is 27.7. The molecule has 3 rings (SSSR count). The van der Waals surface area contributed by atoms with Crippen LogP contribution >= 0.6 is 11.8 Å². The van der Waals surface area contributed by atoms with E-state index in [1.807, 2.05) is 30.3 Å². The second-order valence-corrected chi connectivity index (χ2v) is 9.61. The fourth-order valence-corrected chi connectivity index (χ4v) is 4.63. The van der Waals surface area contributed by atoms with Gasteiger partial charge in [0.25, 0.3) is 5.56 Å². The van der Waals surface area contributed by atoms with Crippen LogP contribution in [-0.2, 0) is 26.7 Å². The summed E-state index contributed by atoms with van der Waals surface area (Å²) in [7, 11) is 0. The first-order valence-electron chi connectivity index (χ1n) is 12.0. The topological polar surface area (TPSA) is 169 Å². The number of carboxylic acid groups (broad SMARTS) is 1. The quantitative estimate of drug-likeness (QED) is 0.273. The van der Waals surface area contributed by atoms with Gasteiger partial charge in [0.15, 0.2) is 11.6 Å². The Kier molecular flexibility index (Phi) is 10.2. The number of hydrogen-bond acceptors (Lipinski definition) is 10. The average molecular weight is 543 g/mol. The summed E-state index contributed by atoms with van der Waals surface area (Å²) in [6.45, 7) is 5.24. The first-order chi connectivity index (χ1) is 18.2. The lowest BCUT2D eigenvalue weighted by atomic mass is 10.1. The molecule has 0 saturated carbocycles. The number of ketones is 1. The molecule has 3 N–H and O–H groups in total. The summed E-state index contributed by atoms with van der Waals surface area (Å²) in [5, 5.41) is 22.3. The normalized spacial score (nSPS) is 12.5. The molecule has 0 spiro atoms. The predicted octanol–water partition coefficient (Wildman–Crippen LogP) is 2.27. The summed E-state index contributed by atoms with van der Waals surface area (Å²) in [6, 6.07) is 7.34. The minimum absolute atomic E-state index is 0.00845. The Balaban J connectivity index is 1.73. The summed E-state index contributed by atoms with van der Waals surface area (Å²) in [4.78, 5) is 54.9. The zero-order valence-electron chi connectivity index (χ0n) is 21.3. The standard InChI is InChI=1S/C25H30N6O6S/c1-4-20(31-12-15(2)27-23(25(31)36)26-11-19-16(3)29-37-30-19)24(35)28-18(10-22(33)34)21(32)14-38-13-17-8-6-5-7-9-17/h5-9,12,18,20H,4,10-11,13-14H2,1-3H3,(H,26,27)(H,28,35)(H,33,34)/t18-,20?/m0/s1. The van der Waals surface area contributed by atoms with Crippen LogP contribution in [0.25, 0.3) is 0 Å². The van der Waals surface area contributed by atoms with Crippen molar-refractivity contribution < 1.29 is 24.1 Å². The Bertz CT molecular complexity index is 1330. The Morgan fingerprint density at radius 3 is 2.53 bits per heavy atom. The van der Waals surface area contributed by atoms with E-state index in [1.54, 1.807) is 20.8 Å². The molecular weight excluding hydrogens is 512 g/mol. The van der Waals surface area contributed by atoms with Crippen LogP contribution in [0.1, 0.15) is 48.5 Å². The highest BCUT2D eigenvalue weighted by molar-refractivity contribution is 7.99. The summed E-state index contributed by atoms with van der Waals surface area (Å²) in [5.74, 6) is -1.64. The van der Waals surface area contributed by atoms with Crippen LogP contribution in [0, 0.1) is 13.8 Å². The first-order valence-corrected chi connectivity index (χ1v) is 13.1. The largest absolute Gasteiger partial charge is 0.481 e.